The van der Waals surface area contributed by atoms with Crippen molar-refractivity contribution in [3.05, 3.63) is 53.2 Å². The fourth-order valence-corrected chi connectivity index (χ4v) is 2.75. The predicted molar refractivity (Wildman–Crippen MR) is 92.4 cm³/mol. The summed E-state index contributed by atoms with van der Waals surface area (Å²) in [6, 6.07) is 4.22. The Morgan fingerprint density at radius 1 is 1.28 bits per heavy atom. The second-order valence-corrected chi connectivity index (χ2v) is 6.23. The van der Waals surface area contributed by atoms with Crippen LogP contribution >= 0.6 is 0 Å². The van der Waals surface area contributed by atoms with Gasteiger partial charge in [0.25, 0.3) is 0 Å². The number of nitrogens with zero attached hydrogens (tertiary/aromatic N) is 2. The third kappa shape index (κ3) is 3.22. The van der Waals surface area contributed by atoms with Crippen molar-refractivity contribution < 1.29 is 9.18 Å². The van der Waals surface area contributed by atoms with Gasteiger partial charge < -0.3 is 10.7 Å². The Morgan fingerprint density at radius 2 is 2.12 bits per heavy atom. The van der Waals surface area contributed by atoms with Crippen LogP contribution in [-0.2, 0) is 0 Å². The summed E-state index contributed by atoms with van der Waals surface area (Å²) in [6.45, 7) is 0. The lowest BCUT2D eigenvalue weighted by atomic mass is 10.0. The molecule has 6 heteroatoms. The van der Waals surface area contributed by atoms with Crippen LogP contribution < -0.4 is 5.73 Å². The Morgan fingerprint density at radius 3 is 2.92 bits per heavy atom. The first-order valence-corrected chi connectivity index (χ1v) is 8.03. The number of carbonyl (C=O) groups is 1. The minimum Gasteiger partial charge on any atom is -0.383 e. The number of nitrogens with two attached hydrogens (primary N) is 1. The highest BCUT2D eigenvalue weighted by Crippen LogP contribution is 2.33. The number of rotatable bonds is 3. The fraction of sp³-hybridized carbons (Fsp3) is 0.211. The second kappa shape index (κ2) is 6.02. The number of H-pyrrole nitrogens is 1. The highest BCUT2D eigenvalue weighted by atomic mass is 19.1. The summed E-state index contributed by atoms with van der Waals surface area (Å²) in [7, 11) is 0. The molecule has 3 N–H and O–H groups in total. The zero-order valence-corrected chi connectivity index (χ0v) is 13.3. The quantitative estimate of drug-likeness (QED) is 0.569. The van der Waals surface area contributed by atoms with Crippen LogP contribution in [0.15, 0.2) is 30.7 Å². The summed E-state index contributed by atoms with van der Waals surface area (Å²) in [5.41, 5.74) is 7.91. The molecule has 3 aromatic rings. The van der Waals surface area contributed by atoms with E-state index in [4.69, 9.17) is 5.73 Å². The first-order chi connectivity index (χ1) is 12.1. The second-order valence-electron chi connectivity index (χ2n) is 6.23. The zero-order valence-electron chi connectivity index (χ0n) is 13.3. The molecule has 2 aromatic heterocycles. The predicted octanol–water partition coefficient (Wildman–Crippen LogP) is 3.06. The normalized spacial score (nSPS) is 13.5. The molecule has 0 bridgehead atoms. The molecule has 0 amide bonds. The Hall–Kier alpha value is -3.20. The van der Waals surface area contributed by atoms with Crippen LogP contribution in [0.2, 0.25) is 0 Å². The molecular formula is C19H15FN4O. The number of benzene rings is 1. The summed E-state index contributed by atoms with van der Waals surface area (Å²) in [6.07, 6.45) is 5.69. The Labute approximate surface area is 143 Å². The van der Waals surface area contributed by atoms with Crippen molar-refractivity contribution in [3.63, 3.8) is 0 Å². The lowest BCUT2D eigenvalue weighted by Gasteiger charge is -2.01. The van der Waals surface area contributed by atoms with Crippen LogP contribution in [0.25, 0.3) is 11.0 Å². The average molecular weight is 334 g/mol. The summed E-state index contributed by atoms with van der Waals surface area (Å²) in [5, 5.41) is 0.636. The molecule has 0 saturated heterocycles. The van der Waals surface area contributed by atoms with Gasteiger partial charge >= 0.3 is 0 Å². The van der Waals surface area contributed by atoms with Gasteiger partial charge in [0, 0.05) is 23.7 Å². The monoisotopic (exact) mass is 334 g/mol. The van der Waals surface area contributed by atoms with Gasteiger partial charge in [0.05, 0.1) is 10.9 Å². The van der Waals surface area contributed by atoms with E-state index >= 15 is 0 Å². The van der Waals surface area contributed by atoms with Gasteiger partial charge in [-0.2, -0.15) is 0 Å². The van der Waals surface area contributed by atoms with Gasteiger partial charge in [0.15, 0.2) is 5.78 Å². The molecule has 124 valence electrons. The number of anilines is 1. The van der Waals surface area contributed by atoms with Gasteiger partial charge in [-0.05, 0) is 37.0 Å². The molecule has 2 heterocycles. The molecule has 0 spiro atoms. The standard InChI is InChI=1S/C19H15FN4O/c20-15-6-12(5-14(8-15)16(25)7-11-1-2-11)3-4-13-9-22-19-17(13)18(21)23-10-24-19/h5-6,8-11H,1-2,7H2,(H3,21,22,23,24). The van der Waals surface area contributed by atoms with Gasteiger partial charge in [0.1, 0.15) is 23.6 Å². The fourth-order valence-electron chi connectivity index (χ4n) is 2.75. The number of hydrogen-bond donors (Lipinski definition) is 2. The van der Waals surface area contributed by atoms with E-state index in [1.54, 1.807) is 12.3 Å². The lowest BCUT2D eigenvalue weighted by molar-refractivity contribution is 0.0975. The summed E-state index contributed by atoms with van der Waals surface area (Å²) >= 11 is 0. The van der Waals surface area contributed by atoms with E-state index in [0.717, 1.165) is 12.8 Å². The molecule has 4 rings (SSSR count). The highest BCUT2D eigenvalue weighted by molar-refractivity contribution is 5.97. The molecule has 0 radical (unpaired) electrons. The highest BCUT2D eigenvalue weighted by Gasteiger charge is 2.25. The van der Waals surface area contributed by atoms with Crippen molar-refractivity contribution in [1.29, 1.82) is 0 Å². The van der Waals surface area contributed by atoms with E-state index in [1.807, 2.05) is 0 Å². The van der Waals surface area contributed by atoms with E-state index in [1.165, 1.54) is 18.5 Å². The topological polar surface area (TPSA) is 84.7 Å². The van der Waals surface area contributed by atoms with Crippen molar-refractivity contribution in [3.8, 4) is 11.8 Å². The van der Waals surface area contributed by atoms with Crippen LogP contribution in [0, 0.1) is 23.6 Å². The number of fused-ring (bicyclic) bond motifs is 1. The van der Waals surface area contributed by atoms with Crippen molar-refractivity contribution >= 4 is 22.6 Å². The number of aromatic amines is 1. The van der Waals surface area contributed by atoms with Crippen LogP contribution in [0.5, 0.6) is 0 Å². The van der Waals surface area contributed by atoms with Crippen LogP contribution in [0.4, 0.5) is 10.2 Å². The van der Waals surface area contributed by atoms with E-state index in [2.05, 4.69) is 26.8 Å². The first-order valence-electron chi connectivity index (χ1n) is 8.03. The van der Waals surface area contributed by atoms with Crippen molar-refractivity contribution in [1.82, 2.24) is 15.0 Å². The van der Waals surface area contributed by atoms with Gasteiger partial charge in [-0.25, -0.2) is 14.4 Å². The van der Waals surface area contributed by atoms with E-state index in [0.29, 0.717) is 45.9 Å². The van der Waals surface area contributed by atoms with Crippen LogP contribution in [-0.4, -0.2) is 20.7 Å². The molecule has 1 saturated carbocycles. The largest absolute Gasteiger partial charge is 0.383 e. The van der Waals surface area contributed by atoms with E-state index < -0.39 is 5.82 Å². The minimum absolute atomic E-state index is 0.0326. The van der Waals surface area contributed by atoms with E-state index in [9.17, 15) is 9.18 Å². The van der Waals surface area contributed by atoms with Crippen molar-refractivity contribution in [2.45, 2.75) is 19.3 Å². The Kier molecular flexibility index (Phi) is 3.69. The Bertz CT molecular complexity index is 1040. The zero-order chi connectivity index (χ0) is 17.4. The first kappa shape index (κ1) is 15.3. The van der Waals surface area contributed by atoms with Gasteiger partial charge in [-0.1, -0.05) is 11.8 Å². The third-order valence-electron chi connectivity index (χ3n) is 4.23. The number of ketones is 1. The SMILES string of the molecule is Nc1ncnc2[nH]cc(C#Cc3cc(F)cc(C(=O)CC4CC4)c3)c12. The number of halogens is 1. The molecule has 0 atom stereocenters. The summed E-state index contributed by atoms with van der Waals surface area (Å²) < 4.78 is 13.9. The molecule has 0 unspecified atom stereocenters. The molecular weight excluding hydrogens is 319 g/mol. The van der Waals surface area contributed by atoms with Crippen LogP contribution in [0.1, 0.15) is 40.7 Å². The molecule has 1 aromatic carbocycles. The summed E-state index contributed by atoms with van der Waals surface area (Å²) in [4.78, 5) is 23.2. The molecule has 1 fully saturated rings. The number of Topliss-reactive ketones (excluding diaryl/α,β-unsaturated/α-hetero) is 1. The van der Waals surface area contributed by atoms with E-state index in [-0.39, 0.29) is 5.78 Å². The van der Waals surface area contributed by atoms with Crippen LogP contribution in [0.3, 0.4) is 0 Å². The number of nitrogens with one attached hydrogen (secondary N) is 1. The lowest BCUT2D eigenvalue weighted by Crippen LogP contribution is -2.01. The maximum absolute atomic E-state index is 13.9. The number of aromatic nitrogens is 3. The van der Waals surface area contributed by atoms with Gasteiger partial charge in [0.2, 0.25) is 0 Å². The van der Waals surface area contributed by atoms with Gasteiger partial charge in [-0.3, -0.25) is 4.79 Å². The third-order valence-corrected chi connectivity index (χ3v) is 4.23. The molecule has 25 heavy (non-hydrogen) atoms. The molecule has 5 nitrogen and oxygen atoms in total. The van der Waals surface area contributed by atoms with Gasteiger partial charge in [-0.15, -0.1) is 0 Å². The average Bonchev–Trinajstić information content (AvgIpc) is 3.30. The molecule has 1 aliphatic rings. The maximum Gasteiger partial charge on any atom is 0.163 e. The minimum atomic E-state index is -0.465. The molecule has 1 aliphatic carbocycles. The number of nitrogen functional groups attached to an aromatic ring is 1. The maximum atomic E-state index is 13.9. The number of carbonyl (C=O) groups excluding carboxylic acids is 1. The number of hydrogen-bond acceptors (Lipinski definition) is 4. The van der Waals surface area contributed by atoms with Crippen molar-refractivity contribution in [2.75, 3.05) is 5.73 Å². The Balaban J connectivity index is 1.67. The smallest absolute Gasteiger partial charge is 0.163 e. The summed E-state index contributed by atoms with van der Waals surface area (Å²) in [5.74, 6) is 6.14. The van der Waals surface area contributed by atoms with Crippen molar-refractivity contribution in [2.24, 2.45) is 5.92 Å². The molecule has 0 aliphatic heterocycles.